The number of rotatable bonds is 5. The monoisotopic (exact) mass is 334 g/mol. The maximum absolute atomic E-state index is 12.7. The van der Waals surface area contributed by atoms with Crippen LogP contribution in [0.5, 0.6) is 0 Å². The van der Waals surface area contributed by atoms with Crippen LogP contribution in [-0.2, 0) is 17.9 Å². The zero-order chi connectivity index (χ0) is 17.6. The molecular formula is C19H18N4O2. The summed E-state index contributed by atoms with van der Waals surface area (Å²) < 4.78 is 1.41. The van der Waals surface area contributed by atoms with Gasteiger partial charge in [-0.2, -0.15) is 5.10 Å². The average molecular weight is 334 g/mol. The maximum Gasteiger partial charge on any atom is 0.274 e. The first-order valence-corrected chi connectivity index (χ1v) is 7.97. The van der Waals surface area contributed by atoms with Crippen LogP contribution in [0.1, 0.15) is 18.2 Å². The molecule has 6 nitrogen and oxygen atoms in total. The summed E-state index contributed by atoms with van der Waals surface area (Å²) >= 11 is 0. The molecule has 0 atom stereocenters. The van der Waals surface area contributed by atoms with Gasteiger partial charge in [-0.15, -0.1) is 0 Å². The average Bonchev–Trinajstić information content (AvgIpc) is 2.64. The third-order valence-corrected chi connectivity index (χ3v) is 3.75. The second kappa shape index (κ2) is 7.53. The van der Waals surface area contributed by atoms with Gasteiger partial charge in [0.15, 0.2) is 0 Å². The lowest BCUT2D eigenvalue weighted by Gasteiger charge is -2.11. The van der Waals surface area contributed by atoms with Crippen LogP contribution in [0.25, 0.3) is 10.8 Å². The Morgan fingerprint density at radius 3 is 2.72 bits per heavy atom. The normalized spacial score (nSPS) is 11.1. The molecule has 0 bridgehead atoms. The van der Waals surface area contributed by atoms with E-state index in [1.54, 1.807) is 31.5 Å². The number of hydrogen-bond donors (Lipinski definition) is 1. The molecule has 0 saturated heterocycles. The fraction of sp³-hybridized carbons (Fsp3) is 0.158. The quantitative estimate of drug-likeness (QED) is 0.724. The van der Waals surface area contributed by atoms with Crippen LogP contribution >= 0.6 is 0 Å². The van der Waals surface area contributed by atoms with Gasteiger partial charge in [-0.25, -0.2) is 4.68 Å². The van der Waals surface area contributed by atoms with Crippen LogP contribution in [-0.4, -0.2) is 20.7 Å². The van der Waals surface area contributed by atoms with Gasteiger partial charge in [-0.1, -0.05) is 30.3 Å². The molecule has 6 heteroatoms. The Morgan fingerprint density at radius 1 is 1.20 bits per heavy atom. The molecule has 0 fully saturated rings. The Balaban J connectivity index is 2.01. The number of nitrogens with one attached hydrogen (secondary N) is 1. The molecule has 126 valence electrons. The summed E-state index contributed by atoms with van der Waals surface area (Å²) in [5, 5.41) is 8.58. The number of hydrogen-bond acceptors (Lipinski definition) is 4. The van der Waals surface area contributed by atoms with E-state index in [1.165, 1.54) is 10.8 Å². The Kier molecular flexibility index (Phi) is 4.99. The summed E-state index contributed by atoms with van der Waals surface area (Å²) in [6.07, 6.45) is 6.51. The molecule has 1 N–H and O–H groups in total. The summed E-state index contributed by atoms with van der Waals surface area (Å²) in [5.74, 6) is -0.196. The predicted molar refractivity (Wildman–Crippen MR) is 96.0 cm³/mol. The predicted octanol–water partition coefficient (Wildman–Crippen LogP) is 2.03. The lowest BCUT2D eigenvalue weighted by atomic mass is 10.1. The van der Waals surface area contributed by atoms with Crippen LogP contribution in [0.15, 0.2) is 65.7 Å². The van der Waals surface area contributed by atoms with Crippen LogP contribution in [0.4, 0.5) is 0 Å². The minimum Gasteiger partial charge on any atom is -0.347 e. The molecule has 2 heterocycles. The summed E-state index contributed by atoms with van der Waals surface area (Å²) in [6.45, 7) is 2.35. The topological polar surface area (TPSA) is 76.9 Å². The molecule has 0 aliphatic carbocycles. The molecule has 3 rings (SSSR count). The number of carbonyl (C=O) groups is 1. The van der Waals surface area contributed by atoms with Crippen LogP contribution < -0.4 is 10.9 Å². The van der Waals surface area contributed by atoms with Crippen molar-refractivity contribution in [3.63, 3.8) is 0 Å². The van der Waals surface area contributed by atoms with Crippen molar-refractivity contribution in [2.24, 2.45) is 0 Å². The van der Waals surface area contributed by atoms with Crippen molar-refractivity contribution in [2.75, 3.05) is 0 Å². The van der Waals surface area contributed by atoms with Gasteiger partial charge < -0.3 is 5.32 Å². The summed E-state index contributed by atoms with van der Waals surface area (Å²) in [4.78, 5) is 28.5. The van der Waals surface area contributed by atoms with Crippen molar-refractivity contribution in [2.45, 2.75) is 20.0 Å². The molecule has 0 spiro atoms. The highest BCUT2D eigenvalue weighted by molar-refractivity contribution is 5.88. The molecule has 0 unspecified atom stereocenters. The zero-order valence-electron chi connectivity index (χ0n) is 13.8. The number of amides is 1. The van der Waals surface area contributed by atoms with E-state index in [-0.39, 0.29) is 18.0 Å². The van der Waals surface area contributed by atoms with Gasteiger partial charge in [-0.3, -0.25) is 14.6 Å². The first kappa shape index (κ1) is 16.6. The zero-order valence-corrected chi connectivity index (χ0v) is 13.8. The van der Waals surface area contributed by atoms with Crippen LogP contribution in [0.2, 0.25) is 0 Å². The van der Waals surface area contributed by atoms with Gasteiger partial charge in [0.2, 0.25) is 5.91 Å². The molecular weight excluding hydrogens is 316 g/mol. The van der Waals surface area contributed by atoms with Crippen molar-refractivity contribution in [1.29, 1.82) is 0 Å². The largest absolute Gasteiger partial charge is 0.347 e. The minimum absolute atomic E-state index is 0.164. The van der Waals surface area contributed by atoms with Gasteiger partial charge in [0, 0.05) is 17.8 Å². The van der Waals surface area contributed by atoms with Gasteiger partial charge in [0.05, 0.1) is 24.2 Å². The first-order valence-electron chi connectivity index (χ1n) is 7.97. The highest BCUT2D eigenvalue weighted by atomic mass is 16.1. The van der Waals surface area contributed by atoms with Crippen molar-refractivity contribution < 1.29 is 4.79 Å². The minimum atomic E-state index is -0.196. The van der Waals surface area contributed by atoms with Crippen molar-refractivity contribution in [3.8, 4) is 0 Å². The second-order valence-electron chi connectivity index (χ2n) is 5.53. The van der Waals surface area contributed by atoms with E-state index >= 15 is 0 Å². The SMILES string of the molecule is C/C=C/C(=O)NCc1nn(Cc2cccnc2)c(=O)c2ccccc12. The van der Waals surface area contributed by atoms with E-state index < -0.39 is 0 Å². The Morgan fingerprint density at radius 2 is 2.00 bits per heavy atom. The van der Waals surface area contributed by atoms with E-state index in [0.29, 0.717) is 17.6 Å². The number of allylic oxidation sites excluding steroid dienone is 1. The molecule has 1 amide bonds. The van der Waals surface area contributed by atoms with Gasteiger partial charge in [-0.05, 0) is 30.7 Å². The smallest absolute Gasteiger partial charge is 0.274 e. The highest BCUT2D eigenvalue weighted by Crippen LogP contribution is 2.13. The van der Waals surface area contributed by atoms with Crippen LogP contribution in [0, 0.1) is 0 Å². The molecule has 0 aliphatic rings. The fourth-order valence-corrected chi connectivity index (χ4v) is 2.59. The third kappa shape index (κ3) is 3.80. The summed E-state index contributed by atoms with van der Waals surface area (Å²) in [6, 6.07) is 11.0. The van der Waals surface area contributed by atoms with E-state index in [0.717, 1.165) is 10.9 Å². The standard InChI is InChI=1S/C19H18N4O2/c1-2-6-18(24)21-12-17-15-8-3-4-9-16(15)19(25)23(22-17)13-14-7-5-10-20-11-14/h2-11H,12-13H2,1H3,(H,21,24)/b6-2+. The number of benzene rings is 1. The van der Waals surface area contributed by atoms with E-state index in [9.17, 15) is 9.59 Å². The number of aromatic nitrogens is 3. The molecule has 25 heavy (non-hydrogen) atoms. The van der Waals surface area contributed by atoms with E-state index in [2.05, 4.69) is 15.4 Å². The molecule has 1 aromatic carbocycles. The first-order chi connectivity index (χ1) is 12.2. The summed E-state index contributed by atoms with van der Waals surface area (Å²) in [5.41, 5.74) is 1.37. The molecule has 3 aromatic rings. The number of carbonyl (C=O) groups excluding carboxylic acids is 1. The van der Waals surface area contributed by atoms with Crippen molar-refractivity contribution in [3.05, 3.63) is 82.6 Å². The molecule has 0 aliphatic heterocycles. The number of pyridine rings is 1. The summed E-state index contributed by atoms with van der Waals surface area (Å²) in [7, 11) is 0. The maximum atomic E-state index is 12.7. The van der Waals surface area contributed by atoms with E-state index in [1.807, 2.05) is 30.3 Å². The third-order valence-electron chi connectivity index (χ3n) is 3.75. The Bertz CT molecular complexity index is 978. The lowest BCUT2D eigenvalue weighted by molar-refractivity contribution is -0.116. The molecule has 0 saturated carbocycles. The number of nitrogens with zero attached hydrogens (tertiary/aromatic N) is 3. The van der Waals surface area contributed by atoms with Gasteiger partial charge in [0.1, 0.15) is 0 Å². The van der Waals surface area contributed by atoms with Crippen molar-refractivity contribution >= 4 is 16.7 Å². The molecule has 2 aromatic heterocycles. The fourth-order valence-electron chi connectivity index (χ4n) is 2.59. The highest BCUT2D eigenvalue weighted by Gasteiger charge is 2.11. The Hall–Kier alpha value is -3.28. The van der Waals surface area contributed by atoms with Gasteiger partial charge in [0.25, 0.3) is 5.56 Å². The second-order valence-corrected chi connectivity index (χ2v) is 5.53. The van der Waals surface area contributed by atoms with Gasteiger partial charge >= 0.3 is 0 Å². The Labute approximate surface area is 144 Å². The number of fused-ring (bicyclic) bond motifs is 1. The molecule has 0 radical (unpaired) electrons. The van der Waals surface area contributed by atoms with Crippen LogP contribution in [0.3, 0.4) is 0 Å². The lowest BCUT2D eigenvalue weighted by Crippen LogP contribution is -2.28. The van der Waals surface area contributed by atoms with E-state index in [4.69, 9.17) is 0 Å². The van der Waals surface area contributed by atoms with Crippen molar-refractivity contribution in [1.82, 2.24) is 20.1 Å².